The predicted molar refractivity (Wildman–Crippen MR) is 169 cm³/mol. The zero-order chi connectivity index (χ0) is 26.7. The third-order valence-electron chi connectivity index (χ3n) is 8.67. The molecule has 0 saturated carbocycles. The van der Waals surface area contributed by atoms with Gasteiger partial charge in [-0.05, 0) is 60.7 Å². The van der Waals surface area contributed by atoms with E-state index in [2.05, 4.69) is 124 Å². The number of nitrogens with zero attached hydrogens (tertiary/aromatic N) is 3. The van der Waals surface area contributed by atoms with Crippen molar-refractivity contribution in [1.82, 2.24) is 14.0 Å². The molecule has 4 nitrogen and oxygen atoms in total. The Labute approximate surface area is 233 Å². The molecule has 6 aromatic carbocycles. The van der Waals surface area contributed by atoms with Gasteiger partial charge in [0.25, 0.3) is 0 Å². The SMILES string of the molecule is c1ccc2c(c1)nc1c3ccc4c(c5ccccc5n4-c4ccc5oc6ccccc6c5c4)c3c3ccccc3n21. The third-order valence-corrected chi connectivity index (χ3v) is 8.67. The minimum atomic E-state index is 0.904. The number of para-hydroxylation sites is 5. The number of rotatable bonds is 1. The van der Waals surface area contributed by atoms with Crippen LogP contribution in [0.2, 0.25) is 0 Å². The van der Waals surface area contributed by atoms with E-state index in [1.165, 1.54) is 38.1 Å². The number of benzene rings is 6. The Balaban J connectivity index is 1.41. The average Bonchev–Trinajstić information content (AvgIpc) is 3.70. The van der Waals surface area contributed by atoms with Crippen molar-refractivity contribution in [2.45, 2.75) is 0 Å². The van der Waals surface area contributed by atoms with E-state index < -0.39 is 0 Å². The quantitative estimate of drug-likeness (QED) is 0.201. The first-order valence-corrected chi connectivity index (χ1v) is 13.9. The molecule has 0 radical (unpaired) electrons. The smallest absolute Gasteiger partial charge is 0.146 e. The molecule has 0 saturated heterocycles. The lowest BCUT2D eigenvalue weighted by Gasteiger charge is -2.12. The summed E-state index contributed by atoms with van der Waals surface area (Å²) in [5, 5.41) is 8.37. The van der Waals surface area contributed by atoms with Crippen LogP contribution in [-0.4, -0.2) is 14.0 Å². The Bertz CT molecular complexity index is 2700. The van der Waals surface area contributed by atoms with Crippen LogP contribution in [0.15, 0.2) is 132 Å². The summed E-state index contributed by atoms with van der Waals surface area (Å²) in [6.45, 7) is 0. The number of hydrogen-bond acceptors (Lipinski definition) is 2. The van der Waals surface area contributed by atoms with E-state index in [1.807, 2.05) is 12.1 Å². The second-order valence-corrected chi connectivity index (χ2v) is 10.8. The van der Waals surface area contributed by atoms with Gasteiger partial charge in [-0.15, -0.1) is 0 Å². The molecule has 41 heavy (non-hydrogen) atoms. The zero-order valence-corrected chi connectivity index (χ0v) is 21.9. The molecule has 4 aromatic heterocycles. The van der Waals surface area contributed by atoms with Gasteiger partial charge in [-0.3, -0.25) is 4.40 Å². The molecular formula is C37H21N3O. The summed E-state index contributed by atoms with van der Waals surface area (Å²) >= 11 is 0. The maximum Gasteiger partial charge on any atom is 0.146 e. The molecule has 4 heterocycles. The fourth-order valence-corrected chi connectivity index (χ4v) is 6.99. The van der Waals surface area contributed by atoms with E-state index in [0.29, 0.717) is 0 Å². The molecule has 0 spiro atoms. The first-order chi connectivity index (χ1) is 20.3. The van der Waals surface area contributed by atoms with E-state index >= 15 is 0 Å². The van der Waals surface area contributed by atoms with Crippen molar-refractivity contribution in [3.8, 4) is 5.69 Å². The Morgan fingerprint density at radius 2 is 1.15 bits per heavy atom. The maximum atomic E-state index is 6.15. The highest BCUT2D eigenvalue weighted by Crippen LogP contribution is 2.42. The summed E-state index contributed by atoms with van der Waals surface area (Å²) in [6.07, 6.45) is 0. The minimum Gasteiger partial charge on any atom is -0.456 e. The number of pyridine rings is 1. The minimum absolute atomic E-state index is 0.904. The lowest BCUT2D eigenvalue weighted by molar-refractivity contribution is 0.669. The standard InChI is InChI=1S/C37H21N3O/c1-6-14-30-24(10-1)35-26(37-38-28-12-4-7-15-31(28)40(30)37)18-19-32-36(35)25-11-2-5-13-29(25)39(32)22-17-20-34-27(21-22)23-9-3-8-16-33(23)41-34/h1-21H. The molecule has 0 bridgehead atoms. The second kappa shape index (κ2) is 7.52. The molecule has 0 unspecified atom stereocenters. The van der Waals surface area contributed by atoms with Gasteiger partial charge in [-0.2, -0.15) is 0 Å². The van der Waals surface area contributed by atoms with Gasteiger partial charge in [0.1, 0.15) is 16.8 Å². The highest BCUT2D eigenvalue weighted by Gasteiger charge is 2.20. The summed E-state index contributed by atoms with van der Waals surface area (Å²) in [7, 11) is 0. The Kier molecular flexibility index (Phi) is 3.90. The average molecular weight is 524 g/mol. The number of furan rings is 1. The fourth-order valence-electron chi connectivity index (χ4n) is 6.99. The molecule has 10 rings (SSSR count). The molecule has 0 aliphatic carbocycles. The summed E-state index contributed by atoms with van der Waals surface area (Å²) in [6, 6.07) is 45.2. The van der Waals surface area contributed by atoms with Crippen LogP contribution in [0.3, 0.4) is 0 Å². The van der Waals surface area contributed by atoms with Crippen LogP contribution >= 0.6 is 0 Å². The van der Waals surface area contributed by atoms with Crippen LogP contribution in [0.25, 0.3) is 87.8 Å². The van der Waals surface area contributed by atoms with Crippen LogP contribution in [0.5, 0.6) is 0 Å². The summed E-state index contributed by atoms with van der Waals surface area (Å²) in [5.74, 6) is 0. The lowest BCUT2D eigenvalue weighted by Crippen LogP contribution is -1.94. The van der Waals surface area contributed by atoms with E-state index in [9.17, 15) is 0 Å². The molecule has 0 amide bonds. The Morgan fingerprint density at radius 3 is 2.02 bits per heavy atom. The van der Waals surface area contributed by atoms with Gasteiger partial charge >= 0.3 is 0 Å². The number of hydrogen-bond donors (Lipinski definition) is 0. The van der Waals surface area contributed by atoms with Gasteiger partial charge in [0, 0.05) is 43.4 Å². The van der Waals surface area contributed by atoms with E-state index in [1.54, 1.807) is 0 Å². The van der Waals surface area contributed by atoms with E-state index in [0.717, 1.165) is 49.7 Å². The molecule has 4 heteroatoms. The van der Waals surface area contributed by atoms with Gasteiger partial charge in [0.2, 0.25) is 0 Å². The van der Waals surface area contributed by atoms with Gasteiger partial charge in [-0.25, -0.2) is 4.98 Å². The van der Waals surface area contributed by atoms with Crippen molar-refractivity contribution < 1.29 is 4.42 Å². The first-order valence-electron chi connectivity index (χ1n) is 13.9. The summed E-state index contributed by atoms with van der Waals surface area (Å²) < 4.78 is 10.9. The van der Waals surface area contributed by atoms with Gasteiger partial charge in [0.15, 0.2) is 0 Å². The van der Waals surface area contributed by atoms with E-state index in [4.69, 9.17) is 9.40 Å². The topological polar surface area (TPSA) is 35.4 Å². The molecule has 0 aliphatic rings. The fraction of sp³-hybridized carbons (Fsp3) is 0. The maximum absolute atomic E-state index is 6.15. The first kappa shape index (κ1) is 21.2. The molecule has 190 valence electrons. The van der Waals surface area contributed by atoms with Crippen molar-refractivity contribution in [3.05, 3.63) is 127 Å². The van der Waals surface area contributed by atoms with Crippen molar-refractivity contribution in [3.63, 3.8) is 0 Å². The van der Waals surface area contributed by atoms with Crippen LogP contribution in [0, 0.1) is 0 Å². The Morgan fingerprint density at radius 1 is 0.463 bits per heavy atom. The molecule has 0 aliphatic heterocycles. The number of fused-ring (bicyclic) bond motifs is 15. The van der Waals surface area contributed by atoms with Crippen molar-refractivity contribution in [1.29, 1.82) is 0 Å². The Hall–Kier alpha value is -5.61. The van der Waals surface area contributed by atoms with Gasteiger partial charge in [0.05, 0.1) is 27.6 Å². The summed E-state index contributed by atoms with van der Waals surface area (Å²) in [4.78, 5) is 5.15. The molecular weight excluding hydrogens is 502 g/mol. The lowest BCUT2D eigenvalue weighted by atomic mass is 10.00. The highest BCUT2D eigenvalue weighted by molar-refractivity contribution is 6.30. The molecule has 0 atom stereocenters. The molecule has 10 aromatic rings. The highest BCUT2D eigenvalue weighted by atomic mass is 16.3. The van der Waals surface area contributed by atoms with Crippen LogP contribution in [0.1, 0.15) is 0 Å². The second-order valence-electron chi connectivity index (χ2n) is 10.8. The van der Waals surface area contributed by atoms with Crippen molar-refractivity contribution >= 4 is 82.1 Å². The van der Waals surface area contributed by atoms with Crippen LogP contribution < -0.4 is 0 Å². The van der Waals surface area contributed by atoms with Gasteiger partial charge < -0.3 is 8.98 Å². The normalized spacial score (nSPS) is 12.4. The van der Waals surface area contributed by atoms with Crippen LogP contribution in [0.4, 0.5) is 0 Å². The third kappa shape index (κ3) is 2.66. The van der Waals surface area contributed by atoms with E-state index in [-0.39, 0.29) is 0 Å². The zero-order valence-electron chi connectivity index (χ0n) is 21.9. The van der Waals surface area contributed by atoms with Crippen molar-refractivity contribution in [2.24, 2.45) is 0 Å². The van der Waals surface area contributed by atoms with Crippen molar-refractivity contribution in [2.75, 3.05) is 0 Å². The number of aromatic nitrogens is 3. The van der Waals surface area contributed by atoms with Crippen LogP contribution in [-0.2, 0) is 0 Å². The van der Waals surface area contributed by atoms with Gasteiger partial charge in [-0.1, -0.05) is 66.7 Å². The molecule has 0 N–H and O–H groups in total. The monoisotopic (exact) mass is 523 g/mol. The molecule has 0 fully saturated rings. The summed E-state index contributed by atoms with van der Waals surface area (Å²) in [5.41, 5.74) is 9.58. The number of imidazole rings is 1. The largest absolute Gasteiger partial charge is 0.456 e. The predicted octanol–water partition coefficient (Wildman–Crippen LogP) is 9.79.